The molecule has 0 aliphatic rings. The Morgan fingerprint density at radius 1 is 1.64 bits per heavy atom. The van der Waals surface area contributed by atoms with Gasteiger partial charge in [-0.05, 0) is 35.8 Å². The molecule has 11 heavy (non-hydrogen) atoms. The second-order valence-electron chi connectivity index (χ2n) is 2.36. The van der Waals surface area contributed by atoms with Crippen LogP contribution in [0.15, 0.2) is 16.7 Å². The molecule has 1 heterocycles. The van der Waals surface area contributed by atoms with Crippen molar-refractivity contribution in [1.29, 1.82) is 0 Å². The monoisotopic (exact) mass is 213 g/mol. The minimum atomic E-state index is 0.0578. The number of rotatable bonds is 1. The minimum absolute atomic E-state index is 0.0578. The Hall–Kier alpha value is -0.700. The van der Waals surface area contributed by atoms with E-state index in [2.05, 4.69) is 20.9 Å². The minimum Gasteiger partial charge on any atom is -0.294 e. The molecule has 0 saturated carbocycles. The third-order valence-corrected chi connectivity index (χ3v) is 2.00. The number of Topliss-reactive ketones (excluding diaryl/α,β-unsaturated/α-hetero) is 1. The summed E-state index contributed by atoms with van der Waals surface area (Å²) < 4.78 is 0.760. The van der Waals surface area contributed by atoms with Crippen LogP contribution in [0.2, 0.25) is 0 Å². The molecule has 0 fully saturated rings. The summed E-state index contributed by atoms with van der Waals surface area (Å²) in [6, 6.07) is 1.77. The molecule has 1 rings (SSSR count). The summed E-state index contributed by atoms with van der Waals surface area (Å²) in [6.07, 6.45) is 1.64. The first-order valence-corrected chi connectivity index (χ1v) is 4.03. The number of aryl methyl sites for hydroxylation is 1. The van der Waals surface area contributed by atoms with E-state index in [0.717, 1.165) is 10.2 Å². The second kappa shape index (κ2) is 3.13. The molecule has 1 aromatic heterocycles. The quantitative estimate of drug-likeness (QED) is 0.671. The van der Waals surface area contributed by atoms with Gasteiger partial charge in [-0.2, -0.15) is 0 Å². The fourth-order valence-corrected chi connectivity index (χ4v) is 1.31. The number of hydrogen-bond donors (Lipinski definition) is 0. The van der Waals surface area contributed by atoms with Gasteiger partial charge in [-0.1, -0.05) is 0 Å². The van der Waals surface area contributed by atoms with Gasteiger partial charge in [-0.25, -0.2) is 0 Å². The molecule has 0 radical (unpaired) electrons. The Morgan fingerprint density at radius 2 is 2.27 bits per heavy atom. The van der Waals surface area contributed by atoms with E-state index in [1.54, 1.807) is 19.2 Å². The SMILES string of the molecule is CC(=O)c1cc(C)ncc1Br. The van der Waals surface area contributed by atoms with Crippen molar-refractivity contribution in [1.82, 2.24) is 4.98 Å². The van der Waals surface area contributed by atoms with E-state index in [0.29, 0.717) is 5.56 Å². The summed E-state index contributed by atoms with van der Waals surface area (Å²) in [5.74, 6) is 0.0578. The molecule has 0 atom stereocenters. The van der Waals surface area contributed by atoms with Gasteiger partial charge in [0.05, 0.1) is 0 Å². The lowest BCUT2D eigenvalue weighted by atomic mass is 10.2. The van der Waals surface area contributed by atoms with Crippen molar-refractivity contribution in [3.8, 4) is 0 Å². The van der Waals surface area contributed by atoms with Crippen LogP contribution in [-0.2, 0) is 0 Å². The van der Waals surface area contributed by atoms with Crippen LogP contribution in [0, 0.1) is 6.92 Å². The van der Waals surface area contributed by atoms with Gasteiger partial charge < -0.3 is 0 Å². The number of ketones is 1. The van der Waals surface area contributed by atoms with Gasteiger partial charge in [0.2, 0.25) is 0 Å². The molecule has 2 nitrogen and oxygen atoms in total. The predicted octanol–water partition coefficient (Wildman–Crippen LogP) is 2.36. The number of hydrogen-bond acceptors (Lipinski definition) is 2. The maximum atomic E-state index is 11.0. The molecule has 0 unspecified atom stereocenters. The summed E-state index contributed by atoms with van der Waals surface area (Å²) in [7, 11) is 0. The summed E-state index contributed by atoms with van der Waals surface area (Å²) in [6.45, 7) is 3.40. The number of aromatic nitrogens is 1. The highest BCUT2D eigenvalue weighted by Crippen LogP contribution is 2.16. The molecule has 0 bridgehead atoms. The Bertz CT molecular complexity index is 296. The van der Waals surface area contributed by atoms with Crippen LogP contribution in [0.5, 0.6) is 0 Å². The van der Waals surface area contributed by atoms with E-state index in [1.807, 2.05) is 6.92 Å². The molecule has 0 aliphatic heterocycles. The zero-order valence-corrected chi connectivity index (χ0v) is 7.97. The normalized spacial score (nSPS) is 9.73. The van der Waals surface area contributed by atoms with E-state index >= 15 is 0 Å². The topological polar surface area (TPSA) is 30.0 Å². The van der Waals surface area contributed by atoms with Gasteiger partial charge in [0.25, 0.3) is 0 Å². The van der Waals surface area contributed by atoms with E-state index in [4.69, 9.17) is 0 Å². The van der Waals surface area contributed by atoms with E-state index in [-0.39, 0.29) is 5.78 Å². The van der Waals surface area contributed by atoms with Crippen molar-refractivity contribution in [3.05, 3.63) is 28.0 Å². The molecule has 58 valence electrons. The lowest BCUT2D eigenvalue weighted by Crippen LogP contribution is -1.95. The lowest BCUT2D eigenvalue weighted by Gasteiger charge is -1.99. The average molecular weight is 214 g/mol. The summed E-state index contributed by atoms with van der Waals surface area (Å²) in [5, 5.41) is 0. The Balaban J connectivity index is 3.23. The van der Waals surface area contributed by atoms with Crippen LogP contribution in [0.25, 0.3) is 0 Å². The van der Waals surface area contributed by atoms with Crippen molar-refractivity contribution >= 4 is 21.7 Å². The first-order valence-electron chi connectivity index (χ1n) is 3.24. The molecular weight excluding hydrogens is 206 g/mol. The van der Waals surface area contributed by atoms with Crippen molar-refractivity contribution in [2.24, 2.45) is 0 Å². The summed E-state index contributed by atoms with van der Waals surface area (Å²) >= 11 is 3.25. The summed E-state index contributed by atoms with van der Waals surface area (Å²) in [4.78, 5) is 15.0. The van der Waals surface area contributed by atoms with Gasteiger partial charge in [-0.3, -0.25) is 9.78 Å². The molecule has 1 aromatic rings. The average Bonchev–Trinajstić information content (AvgIpc) is 1.94. The van der Waals surface area contributed by atoms with E-state index in [1.165, 1.54) is 0 Å². The highest BCUT2D eigenvalue weighted by molar-refractivity contribution is 9.10. The zero-order chi connectivity index (χ0) is 8.43. The largest absolute Gasteiger partial charge is 0.294 e. The number of nitrogens with zero attached hydrogens (tertiary/aromatic N) is 1. The smallest absolute Gasteiger partial charge is 0.161 e. The van der Waals surface area contributed by atoms with Crippen LogP contribution in [0.1, 0.15) is 23.0 Å². The van der Waals surface area contributed by atoms with E-state index in [9.17, 15) is 4.79 Å². The second-order valence-corrected chi connectivity index (χ2v) is 3.22. The molecule has 0 amide bonds. The first-order chi connectivity index (χ1) is 5.11. The number of carbonyl (C=O) groups is 1. The summed E-state index contributed by atoms with van der Waals surface area (Å²) in [5.41, 5.74) is 1.55. The van der Waals surface area contributed by atoms with Crippen LogP contribution >= 0.6 is 15.9 Å². The maximum Gasteiger partial charge on any atom is 0.161 e. The Morgan fingerprint density at radius 3 is 2.73 bits per heavy atom. The predicted molar refractivity (Wildman–Crippen MR) is 46.7 cm³/mol. The lowest BCUT2D eigenvalue weighted by molar-refractivity contribution is 0.101. The van der Waals surface area contributed by atoms with Crippen molar-refractivity contribution in [3.63, 3.8) is 0 Å². The van der Waals surface area contributed by atoms with Gasteiger partial charge >= 0.3 is 0 Å². The van der Waals surface area contributed by atoms with Gasteiger partial charge in [-0.15, -0.1) is 0 Å². The van der Waals surface area contributed by atoms with E-state index < -0.39 is 0 Å². The number of carbonyl (C=O) groups excluding carboxylic acids is 1. The highest BCUT2D eigenvalue weighted by Gasteiger charge is 2.04. The Labute approximate surface area is 73.8 Å². The van der Waals surface area contributed by atoms with Crippen LogP contribution < -0.4 is 0 Å². The van der Waals surface area contributed by atoms with Crippen LogP contribution in [0.4, 0.5) is 0 Å². The molecule has 3 heteroatoms. The molecule has 0 saturated heterocycles. The molecular formula is C8H8BrNO. The third kappa shape index (κ3) is 1.87. The van der Waals surface area contributed by atoms with Gasteiger partial charge in [0.1, 0.15) is 0 Å². The van der Waals surface area contributed by atoms with Crippen LogP contribution in [0.3, 0.4) is 0 Å². The Kier molecular flexibility index (Phi) is 2.39. The molecule has 0 aromatic carbocycles. The standard InChI is InChI=1S/C8H8BrNO/c1-5-3-7(6(2)11)8(9)4-10-5/h3-4H,1-2H3. The first kappa shape index (κ1) is 8.40. The fraction of sp³-hybridized carbons (Fsp3) is 0.250. The number of halogens is 1. The highest BCUT2D eigenvalue weighted by atomic mass is 79.9. The molecule has 0 N–H and O–H groups in total. The fourth-order valence-electron chi connectivity index (χ4n) is 0.813. The molecule has 0 aliphatic carbocycles. The zero-order valence-electron chi connectivity index (χ0n) is 6.39. The molecule has 0 spiro atoms. The maximum absolute atomic E-state index is 11.0. The number of pyridine rings is 1. The van der Waals surface area contributed by atoms with Crippen molar-refractivity contribution in [2.75, 3.05) is 0 Å². The third-order valence-electron chi connectivity index (χ3n) is 1.37. The van der Waals surface area contributed by atoms with Gasteiger partial charge in [0, 0.05) is 21.9 Å². The van der Waals surface area contributed by atoms with Gasteiger partial charge in [0.15, 0.2) is 5.78 Å². The van der Waals surface area contributed by atoms with Crippen molar-refractivity contribution < 1.29 is 4.79 Å². The van der Waals surface area contributed by atoms with Crippen molar-refractivity contribution in [2.45, 2.75) is 13.8 Å². The van der Waals surface area contributed by atoms with Crippen LogP contribution in [-0.4, -0.2) is 10.8 Å².